The van der Waals surface area contributed by atoms with Crippen molar-refractivity contribution >= 4 is 5.91 Å². The number of rotatable bonds is 3. The summed E-state index contributed by atoms with van der Waals surface area (Å²) in [6.45, 7) is 4.76. The van der Waals surface area contributed by atoms with Crippen molar-refractivity contribution in [1.82, 2.24) is 24.7 Å². The quantitative estimate of drug-likeness (QED) is 0.843. The monoisotopic (exact) mass is 379 g/mol. The Morgan fingerprint density at radius 1 is 1.11 bits per heavy atom. The smallest absolute Gasteiger partial charge is 0.255 e. The molecule has 3 fully saturated rings. The standard InChI is InChI=1S/C21H25N5O2/c27-19-7-18-11-25(20(28)17-4-2-6-23-9-17)15-21(26(18)12-19)13-24(14-21)10-16-3-1-5-22-8-16/h1-6,8-9,18-19,27H,7,10-15H2. The van der Waals surface area contributed by atoms with Gasteiger partial charge in [-0.25, -0.2) is 0 Å². The molecule has 3 aliphatic rings. The van der Waals surface area contributed by atoms with Crippen LogP contribution in [0.5, 0.6) is 0 Å². The fraction of sp³-hybridized carbons (Fsp3) is 0.476. The average Bonchev–Trinajstić information content (AvgIpc) is 3.08. The van der Waals surface area contributed by atoms with Gasteiger partial charge in [0.15, 0.2) is 0 Å². The van der Waals surface area contributed by atoms with Crippen molar-refractivity contribution in [3.8, 4) is 0 Å². The zero-order valence-electron chi connectivity index (χ0n) is 15.8. The van der Waals surface area contributed by atoms with Crippen molar-refractivity contribution in [2.75, 3.05) is 32.7 Å². The molecule has 2 unspecified atom stereocenters. The molecule has 3 aliphatic heterocycles. The molecule has 7 heteroatoms. The molecule has 2 aromatic heterocycles. The predicted molar refractivity (Wildman–Crippen MR) is 104 cm³/mol. The number of nitrogens with zero attached hydrogens (tertiary/aromatic N) is 5. The second-order valence-corrected chi connectivity index (χ2v) is 8.35. The molecule has 2 atom stereocenters. The van der Waals surface area contributed by atoms with E-state index in [1.165, 1.54) is 5.56 Å². The number of hydrogen-bond acceptors (Lipinski definition) is 6. The summed E-state index contributed by atoms with van der Waals surface area (Å²) in [6, 6.07) is 7.92. The first-order chi connectivity index (χ1) is 13.6. The number of carbonyl (C=O) groups excluding carboxylic acids is 1. The first-order valence-corrected chi connectivity index (χ1v) is 9.88. The first kappa shape index (κ1) is 17.7. The van der Waals surface area contributed by atoms with Gasteiger partial charge >= 0.3 is 0 Å². The van der Waals surface area contributed by atoms with Crippen LogP contribution < -0.4 is 0 Å². The van der Waals surface area contributed by atoms with Gasteiger partial charge in [-0.15, -0.1) is 0 Å². The van der Waals surface area contributed by atoms with Gasteiger partial charge in [-0.3, -0.25) is 24.6 Å². The number of amides is 1. The van der Waals surface area contributed by atoms with E-state index < -0.39 is 0 Å². The van der Waals surface area contributed by atoms with Crippen molar-refractivity contribution in [1.29, 1.82) is 0 Å². The van der Waals surface area contributed by atoms with Gasteiger partial charge in [-0.1, -0.05) is 6.07 Å². The second-order valence-electron chi connectivity index (χ2n) is 8.35. The third-order valence-corrected chi connectivity index (χ3v) is 6.28. The van der Waals surface area contributed by atoms with Crippen molar-refractivity contribution in [3.63, 3.8) is 0 Å². The van der Waals surface area contributed by atoms with Crippen LogP contribution in [0.3, 0.4) is 0 Å². The van der Waals surface area contributed by atoms with E-state index in [0.717, 1.165) is 26.1 Å². The number of carbonyl (C=O) groups is 1. The fourth-order valence-corrected chi connectivity index (χ4v) is 5.17. The Morgan fingerprint density at radius 2 is 1.89 bits per heavy atom. The van der Waals surface area contributed by atoms with E-state index in [0.29, 0.717) is 25.2 Å². The number of aliphatic hydroxyl groups is 1. The summed E-state index contributed by atoms with van der Waals surface area (Å²) in [4.78, 5) is 28.2. The molecule has 1 spiro atoms. The summed E-state index contributed by atoms with van der Waals surface area (Å²) in [5.74, 6) is 0.0409. The fourth-order valence-electron chi connectivity index (χ4n) is 5.17. The number of β-amino-alcohol motifs (C(OH)–C–C–N with tert-alkyl or cyclic N) is 1. The molecule has 1 N–H and O–H groups in total. The van der Waals surface area contributed by atoms with E-state index in [1.807, 2.05) is 23.2 Å². The van der Waals surface area contributed by atoms with Crippen LogP contribution in [0.4, 0.5) is 0 Å². The number of likely N-dealkylation sites (tertiary alicyclic amines) is 1. The number of piperazine rings is 1. The predicted octanol–water partition coefficient (Wildman–Crippen LogP) is 0.622. The SMILES string of the molecule is O=C(c1cccnc1)N1CC2CC(O)CN2C2(CN(Cc3cccnc3)C2)C1. The lowest BCUT2D eigenvalue weighted by atomic mass is 9.83. The Bertz CT molecular complexity index is 840. The highest BCUT2D eigenvalue weighted by molar-refractivity contribution is 5.94. The van der Waals surface area contributed by atoms with E-state index in [2.05, 4.69) is 25.8 Å². The van der Waals surface area contributed by atoms with Gasteiger partial charge in [0.05, 0.1) is 17.2 Å². The molecule has 0 saturated carbocycles. The highest BCUT2D eigenvalue weighted by atomic mass is 16.3. The average molecular weight is 379 g/mol. The molecule has 0 aromatic carbocycles. The molecule has 5 rings (SSSR count). The van der Waals surface area contributed by atoms with Crippen LogP contribution in [0.15, 0.2) is 49.1 Å². The Hall–Kier alpha value is -2.35. The van der Waals surface area contributed by atoms with Crippen LogP contribution in [0, 0.1) is 0 Å². The maximum atomic E-state index is 13.1. The molecule has 1 amide bonds. The Balaban J connectivity index is 1.34. The lowest BCUT2D eigenvalue weighted by Gasteiger charge is -2.61. The summed E-state index contributed by atoms with van der Waals surface area (Å²) < 4.78 is 0. The van der Waals surface area contributed by atoms with E-state index in [1.54, 1.807) is 24.7 Å². The minimum Gasteiger partial charge on any atom is -0.392 e. The molecule has 0 radical (unpaired) electrons. The summed E-state index contributed by atoms with van der Waals surface area (Å²) >= 11 is 0. The van der Waals surface area contributed by atoms with Gasteiger partial charge in [0, 0.05) is 70.1 Å². The van der Waals surface area contributed by atoms with Crippen molar-refractivity contribution in [2.24, 2.45) is 0 Å². The number of aliphatic hydroxyl groups excluding tert-OH is 1. The maximum absolute atomic E-state index is 13.1. The molecule has 7 nitrogen and oxygen atoms in total. The van der Waals surface area contributed by atoms with Gasteiger partial charge in [-0.05, 0) is 30.2 Å². The lowest BCUT2D eigenvalue weighted by molar-refractivity contribution is -0.108. The van der Waals surface area contributed by atoms with Crippen molar-refractivity contribution in [2.45, 2.75) is 30.7 Å². The van der Waals surface area contributed by atoms with Crippen molar-refractivity contribution < 1.29 is 9.90 Å². The van der Waals surface area contributed by atoms with E-state index >= 15 is 0 Å². The van der Waals surface area contributed by atoms with Gasteiger partial charge in [-0.2, -0.15) is 0 Å². The molecular weight excluding hydrogens is 354 g/mol. The second kappa shape index (κ2) is 6.92. The summed E-state index contributed by atoms with van der Waals surface area (Å²) in [7, 11) is 0. The van der Waals surface area contributed by atoms with Crippen LogP contribution >= 0.6 is 0 Å². The minimum absolute atomic E-state index is 0.0409. The maximum Gasteiger partial charge on any atom is 0.255 e. The molecule has 28 heavy (non-hydrogen) atoms. The normalized spacial score (nSPS) is 26.8. The number of fused-ring (bicyclic) bond motifs is 2. The highest BCUT2D eigenvalue weighted by Gasteiger charge is 2.56. The molecule has 0 aliphatic carbocycles. The summed E-state index contributed by atoms with van der Waals surface area (Å²) in [5.41, 5.74) is 1.77. The zero-order chi connectivity index (χ0) is 19.1. The van der Waals surface area contributed by atoms with Gasteiger partial charge in [0.2, 0.25) is 0 Å². The number of aromatic nitrogens is 2. The van der Waals surface area contributed by atoms with E-state index in [9.17, 15) is 9.90 Å². The van der Waals surface area contributed by atoms with Crippen LogP contribution in [-0.2, 0) is 6.54 Å². The Kier molecular flexibility index (Phi) is 4.38. The van der Waals surface area contributed by atoms with Crippen LogP contribution in [0.1, 0.15) is 22.3 Å². The molecule has 5 heterocycles. The Labute approximate surface area is 164 Å². The van der Waals surface area contributed by atoms with Crippen LogP contribution in [0.2, 0.25) is 0 Å². The van der Waals surface area contributed by atoms with Crippen molar-refractivity contribution in [3.05, 3.63) is 60.2 Å². The third kappa shape index (κ3) is 3.09. The van der Waals surface area contributed by atoms with Crippen LogP contribution in [0.25, 0.3) is 0 Å². The lowest BCUT2D eigenvalue weighted by Crippen LogP contribution is -2.78. The third-order valence-electron chi connectivity index (χ3n) is 6.28. The topological polar surface area (TPSA) is 72.8 Å². The minimum atomic E-state index is -0.303. The van der Waals surface area contributed by atoms with Gasteiger partial charge < -0.3 is 10.0 Å². The van der Waals surface area contributed by atoms with Gasteiger partial charge in [0.25, 0.3) is 5.91 Å². The highest BCUT2D eigenvalue weighted by Crippen LogP contribution is 2.39. The molecular formula is C21H25N5O2. The molecule has 146 valence electrons. The first-order valence-electron chi connectivity index (χ1n) is 9.88. The zero-order valence-corrected chi connectivity index (χ0v) is 15.8. The molecule has 2 aromatic rings. The van der Waals surface area contributed by atoms with E-state index in [-0.39, 0.29) is 23.6 Å². The summed E-state index contributed by atoms with van der Waals surface area (Å²) in [5, 5.41) is 10.3. The number of pyridine rings is 2. The largest absolute Gasteiger partial charge is 0.392 e. The van der Waals surface area contributed by atoms with Gasteiger partial charge in [0.1, 0.15) is 0 Å². The van der Waals surface area contributed by atoms with Crippen LogP contribution in [-0.4, -0.2) is 86.1 Å². The Morgan fingerprint density at radius 3 is 2.61 bits per heavy atom. The van der Waals surface area contributed by atoms with E-state index in [4.69, 9.17) is 0 Å². The summed E-state index contributed by atoms with van der Waals surface area (Å²) in [6.07, 6.45) is 7.46. The molecule has 0 bridgehead atoms. The molecule has 3 saturated heterocycles. The number of hydrogen-bond donors (Lipinski definition) is 1.